The topological polar surface area (TPSA) is 82.6 Å². The molecule has 7 nitrogen and oxygen atoms in total. The minimum Gasteiger partial charge on any atom is -0.493 e. The summed E-state index contributed by atoms with van der Waals surface area (Å²) in [5.74, 6) is 2.10. The van der Waals surface area contributed by atoms with Gasteiger partial charge in [-0.2, -0.15) is 0 Å². The molecule has 0 bridgehead atoms. The molecule has 1 amide bonds. The maximum Gasteiger partial charge on any atom is 0.223 e. The number of benzene rings is 1. The summed E-state index contributed by atoms with van der Waals surface area (Å²) in [6.07, 6.45) is 4.24. The van der Waals surface area contributed by atoms with E-state index in [1.807, 2.05) is 36.4 Å². The number of aromatic nitrogens is 2. The number of fused-ring (bicyclic) bond motifs is 1. The normalized spacial score (nSPS) is 15.8. The third-order valence-corrected chi connectivity index (χ3v) is 5.75. The molecule has 1 N–H and O–H groups in total. The van der Waals surface area contributed by atoms with Crippen molar-refractivity contribution in [1.82, 2.24) is 15.3 Å². The van der Waals surface area contributed by atoms with Crippen molar-refractivity contribution in [2.45, 2.75) is 39.2 Å². The standard InChI is InChI=1S/C25H29N3O4/c1-4-18(5-2)32-22-9-8-17(12-23(22)30-3)20-13-21-19(7-6-10-26-21)25(28-20)31-15-16-11-24(29)27-14-16/h6-10,12-13,16,18H,4-5,11,14-15H2,1-3H3,(H,27,29). The van der Waals surface area contributed by atoms with Crippen LogP contribution in [0.2, 0.25) is 0 Å². The molecule has 168 valence electrons. The molecule has 0 saturated carbocycles. The minimum absolute atomic E-state index is 0.0645. The number of carbonyl (C=O) groups is 1. The van der Waals surface area contributed by atoms with Crippen LogP contribution in [0.4, 0.5) is 0 Å². The van der Waals surface area contributed by atoms with Crippen molar-refractivity contribution in [3.05, 3.63) is 42.6 Å². The highest BCUT2D eigenvalue weighted by molar-refractivity contribution is 5.87. The first-order valence-corrected chi connectivity index (χ1v) is 11.1. The van der Waals surface area contributed by atoms with Crippen molar-refractivity contribution in [1.29, 1.82) is 0 Å². The molecular formula is C25H29N3O4. The summed E-state index contributed by atoms with van der Waals surface area (Å²) >= 11 is 0. The average molecular weight is 436 g/mol. The van der Waals surface area contributed by atoms with Crippen LogP contribution in [-0.4, -0.2) is 42.2 Å². The Morgan fingerprint density at radius 3 is 2.72 bits per heavy atom. The van der Waals surface area contributed by atoms with Crippen molar-refractivity contribution in [2.24, 2.45) is 5.92 Å². The second-order valence-electron chi connectivity index (χ2n) is 7.99. The molecule has 1 aromatic carbocycles. The number of nitrogens with one attached hydrogen (secondary N) is 1. The van der Waals surface area contributed by atoms with Gasteiger partial charge >= 0.3 is 0 Å². The van der Waals surface area contributed by atoms with Gasteiger partial charge in [-0.15, -0.1) is 0 Å². The summed E-state index contributed by atoms with van der Waals surface area (Å²) in [6.45, 7) is 5.27. The lowest BCUT2D eigenvalue weighted by Crippen LogP contribution is -2.17. The van der Waals surface area contributed by atoms with E-state index in [9.17, 15) is 4.79 Å². The van der Waals surface area contributed by atoms with Crippen molar-refractivity contribution in [3.8, 4) is 28.6 Å². The number of carbonyl (C=O) groups excluding carboxylic acids is 1. The molecule has 1 saturated heterocycles. The molecule has 2 aromatic heterocycles. The minimum atomic E-state index is 0.0645. The summed E-state index contributed by atoms with van der Waals surface area (Å²) in [5, 5.41) is 3.68. The number of hydrogen-bond donors (Lipinski definition) is 1. The van der Waals surface area contributed by atoms with Crippen LogP contribution in [-0.2, 0) is 4.79 Å². The quantitative estimate of drug-likeness (QED) is 0.537. The Hall–Kier alpha value is -3.35. The van der Waals surface area contributed by atoms with Gasteiger partial charge in [0.25, 0.3) is 0 Å². The number of rotatable bonds is 9. The Morgan fingerprint density at radius 2 is 2.00 bits per heavy atom. The van der Waals surface area contributed by atoms with E-state index in [1.165, 1.54) is 0 Å². The molecule has 0 radical (unpaired) electrons. The van der Waals surface area contributed by atoms with E-state index in [1.54, 1.807) is 13.3 Å². The molecule has 1 fully saturated rings. The van der Waals surface area contributed by atoms with E-state index in [-0.39, 0.29) is 17.9 Å². The first-order chi connectivity index (χ1) is 15.6. The molecule has 7 heteroatoms. The Balaban J connectivity index is 1.65. The van der Waals surface area contributed by atoms with Crippen molar-refractivity contribution < 1.29 is 19.0 Å². The number of nitrogens with zero attached hydrogens (tertiary/aromatic N) is 2. The van der Waals surface area contributed by atoms with Gasteiger partial charge in [-0.05, 0) is 49.2 Å². The first kappa shape index (κ1) is 21.9. The first-order valence-electron chi connectivity index (χ1n) is 11.1. The predicted octanol–water partition coefficient (Wildman–Crippen LogP) is 4.39. The summed E-state index contributed by atoms with van der Waals surface area (Å²) in [6, 6.07) is 11.6. The lowest BCUT2D eigenvalue weighted by atomic mass is 10.1. The van der Waals surface area contributed by atoms with Crippen LogP contribution < -0.4 is 19.5 Å². The zero-order valence-electron chi connectivity index (χ0n) is 18.8. The summed E-state index contributed by atoms with van der Waals surface area (Å²) in [7, 11) is 1.64. The third-order valence-electron chi connectivity index (χ3n) is 5.75. The van der Waals surface area contributed by atoms with E-state index in [0.29, 0.717) is 31.2 Å². The van der Waals surface area contributed by atoms with Gasteiger partial charge in [0.2, 0.25) is 11.8 Å². The van der Waals surface area contributed by atoms with Crippen LogP contribution >= 0.6 is 0 Å². The van der Waals surface area contributed by atoms with Crippen molar-refractivity contribution in [3.63, 3.8) is 0 Å². The SMILES string of the molecule is CCC(CC)Oc1ccc(-c2cc3ncccc3c(OCC3CNC(=O)C3)n2)cc1OC. The number of methoxy groups -OCH3 is 1. The highest BCUT2D eigenvalue weighted by Crippen LogP contribution is 2.35. The monoisotopic (exact) mass is 435 g/mol. The van der Waals surface area contributed by atoms with Crippen LogP contribution in [0.25, 0.3) is 22.2 Å². The molecule has 32 heavy (non-hydrogen) atoms. The maximum absolute atomic E-state index is 11.5. The Labute approximate surface area is 188 Å². The zero-order chi connectivity index (χ0) is 22.5. The smallest absolute Gasteiger partial charge is 0.223 e. The lowest BCUT2D eigenvalue weighted by molar-refractivity contribution is -0.119. The van der Waals surface area contributed by atoms with E-state index < -0.39 is 0 Å². The van der Waals surface area contributed by atoms with Crippen molar-refractivity contribution in [2.75, 3.05) is 20.3 Å². The van der Waals surface area contributed by atoms with Crippen LogP contribution in [0, 0.1) is 5.92 Å². The van der Waals surface area contributed by atoms with E-state index >= 15 is 0 Å². The van der Waals surface area contributed by atoms with Crippen molar-refractivity contribution >= 4 is 16.8 Å². The molecule has 0 aliphatic carbocycles. The van der Waals surface area contributed by atoms with Crippen LogP contribution in [0.1, 0.15) is 33.1 Å². The largest absolute Gasteiger partial charge is 0.493 e. The van der Waals surface area contributed by atoms with E-state index in [4.69, 9.17) is 19.2 Å². The summed E-state index contributed by atoms with van der Waals surface area (Å²) in [4.78, 5) is 20.8. The molecule has 4 rings (SSSR count). The fourth-order valence-electron chi connectivity index (χ4n) is 3.84. The van der Waals surface area contributed by atoms with Crippen LogP contribution in [0.15, 0.2) is 42.6 Å². The molecule has 0 spiro atoms. The van der Waals surface area contributed by atoms with Gasteiger partial charge in [0.15, 0.2) is 11.5 Å². The molecule has 1 aliphatic heterocycles. The van der Waals surface area contributed by atoms with Gasteiger partial charge in [-0.3, -0.25) is 9.78 Å². The van der Waals surface area contributed by atoms with E-state index in [2.05, 4.69) is 24.1 Å². The fourth-order valence-corrected chi connectivity index (χ4v) is 3.84. The van der Waals surface area contributed by atoms with Gasteiger partial charge in [-0.25, -0.2) is 4.98 Å². The van der Waals surface area contributed by atoms with Gasteiger partial charge in [0.05, 0.1) is 36.4 Å². The highest BCUT2D eigenvalue weighted by Gasteiger charge is 2.23. The predicted molar refractivity (Wildman–Crippen MR) is 123 cm³/mol. The molecule has 3 aromatic rings. The number of pyridine rings is 2. The Bertz CT molecular complexity index is 1100. The maximum atomic E-state index is 11.5. The van der Waals surface area contributed by atoms with Gasteiger partial charge in [0.1, 0.15) is 0 Å². The summed E-state index contributed by atoms with van der Waals surface area (Å²) < 4.78 is 17.8. The molecular weight excluding hydrogens is 406 g/mol. The number of hydrogen-bond acceptors (Lipinski definition) is 6. The average Bonchev–Trinajstić information content (AvgIpc) is 3.25. The van der Waals surface area contributed by atoms with Gasteiger partial charge in [0, 0.05) is 30.6 Å². The van der Waals surface area contributed by atoms with E-state index in [0.717, 1.165) is 40.8 Å². The molecule has 1 aliphatic rings. The van der Waals surface area contributed by atoms with Crippen LogP contribution in [0.5, 0.6) is 17.4 Å². The highest BCUT2D eigenvalue weighted by atomic mass is 16.5. The number of amides is 1. The summed E-state index contributed by atoms with van der Waals surface area (Å²) in [5.41, 5.74) is 2.41. The second kappa shape index (κ2) is 9.85. The number of ether oxygens (including phenoxy) is 3. The third kappa shape index (κ3) is 4.77. The Kier molecular flexibility index (Phi) is 6.73. The zero-order valence-corrected chi connectivity index (χ0v) is 18.8. The molecule has 1 atom stereocenters. The lowest BCUT2D eigenvalue weighted by Gasteiger charge is -2.18. The second-order valence-corrected chi connectivity index (χ2v) is 7.99. The molecule has 1 unspecified atom stereocenters. The fraction of sp³-hybridized carbons (Fsp3) is 0.400. The van der Waals surface area contributed by atoms with Crippen LogP contribution in [0.3, 0.4) is 0 Å². The van der Waals surface area contributed by atoms with Gasteiger partial charge in [-0.1, -0.05) is 13.8 Å². The Morgan fingerprint density at radius 1 is 1.16 bits per heavy atom. The molecule has 3 heterocycles. The van der Waals surface area contributed by atoms with Gasteiger partial charge < -0.3 is 19.5 Å².